The van der Waals surface area contributed by atoms with Gasteiger partial charge in [0.25, 0.3) is 5.91 Å². The van der Waals surface area contributed by atoms with Crippen molar-refractivity contribution in [1.82, 2.24) is 5.32 Å². The number of ether oxygens (including phenoxy) is 1. The SMILES string of the molecule is Cl.O=C(C1CNCCO1)N(CC1CC1)c1ccccc1. The molecule has 0 spiro atoms. The van der Waals surface area contributed by atoms with E-state index in [1.807, 2.05) is 35.2 Å². The molecule has 1 saturated heterocycles. The molecule has 1 heterocycles. The molecular formula is C15H21ClN2O2. The van der Waals surface area contributed by atoms with Gasteiger partial charge in [0.2, 0.25) is 0 Å². The normalized spacial score (nSPS) is 21.9. The molecule has 0 radical (unpaired) electrons. The van der Waals surface area contributed by atoms with Crippen LogP contribution in [0.3, 0.4) is 0 Å². The molecule has 1 N–H and O–H groups in total. The second-order valence-electron chi connectivity index (χ2n) is 5.29. The zero-order valence-corrected chi connectivity index (χ0v) is 12.3. The van der Waals surface area contributed by atoms with Crippen LogP contribution in [-0.4, -0.2) is 38.3 Å². The highest BCUT2D eigenvalue weighted by Gasteiger charge is 2.32. The number of morpholine rings is 1. The summed E-state index contributed by atoms with van der Waals surface area (Å²) in [6, 6.07) is 9.92. The molecule has 2 aliphatic rings. The second kappa shape index (κ2) is 7.07. The number of hydrogen-bond acceptors (Lipinski definition) is 3. The maximum atomic E-state index is 12.6. The predicted molar refractivity (Wildman–Crippen MR) is 81.4 cm³/mol. The van der Waals surface area contributed by atoms with E-state index in [9.17, 15) is 4.79 Å². The Morgan fingerprint density at radius 2 is 2.05 bits per heavy atom. The number of carbonyl (C=O) groups is 1. The van der Waals surface area contributed by atoms with Crippen molar-refractivity contribution < 1.29 is 9.53 Å². The fourth-order valence-corrected chi connectivity index (χ4v) is 2.39. The number of para-hydroxylation sites is 1. The van der Waals surface area contributed by atoms with Crippen LogP contribution in [0.2, 0.25) is 0 Å². The van der Waals surface area contributed by atoms with Crippen molar-refractivity contribution in [3.8, 4) is 0 Å². The van der Waals surface area contributed by atoms with Crippen LogP contribution in [0.1, 0.15) is 12.8 Å². The van der Waals surface area contributed by atoms with Crippen LogP contribution in [0.4, 0.5) is 5.69 Å². The van der Waals surface area contributed by atoms with E-state index in [-0.39, 0.29) is 24.4 Å². The molecule has 110 valence electrons. The van der Waals surface area contributed by atoms with Crippen LogP contribution in [0.25, 0.3) is 0 Å². The lowest BCUT2D eigenvalue weighted by atomic mass is 10.2. The molecule has 1 amide bonds. The molecule has 4 nitrogen and oxygen atoms in total. The fourth-order valence-electron chi connectivity index (χ4n) is 2.39. The molecule has 1 aliphatic carbocycles. The summed E-state index contributed by atoms with van der Waals surface area (Å²) in [5, 5.41) is 3.22. The third kappa shape index (κ3) is 3.72. The van der Waals surface area contributed by atoms with Gasteiger partial charge < -0.3 is 15.0 Å². The van der Waals surface area contributed by atoms with Crippen molar-refractivity contribution in [2.45, 2.75) is 18.9 Å². The van der Waals surface area contributed by atoms with Gasteiger partial charge in [-0.25, -0.2) is 0 Å². The van der Waals surface area contributed by atoms with Crippen LogP contribution in [0.15, 0.2) is 30.3 Å². The summed E-state index contributed by atoms with van der Waals surface area (Å²) in [5.41, 5.74) is 0.980. The first kappa shape index (κ1) is 15.3. The number of hydrogen-bond donors (Lipinski definition) is 1. The minimum atomic E-state index is -0.340. The van der Waals surface area contributed by atoms with Gasteiger partial charge in [-0.05, 0) is 30.9 Å². The van der Waals surface area contributed by atoms with Crippen molar-refractivity contribution in [2.75, 3.05) is 31.1 Å². The van der Waals surface area contributed by atoms with Gasteiger partial charge in [-0.1, -0.05) is 18.2 Å². The molecule has 20 heavy (non-hydrogen) atoms. The molecule has 1 saturated carbocycles. The Bertz CT molecular complexity index is 431. The van der Waals surface area contributed by atoms with E-state index in [0.717, 1.165) is 18.8 Å². The lowest BCUT2D eigenvalue weighted by molar-refractivity contribution is -0.131. The number of benzene rings is 1. The summed E-state index contributed by atoms with van der Waals surface area (Å²) in [7, 11) is 0. The van der Waals surface area contributed by atoms with Gasteiger partial charge in [0.1, 0.15) is 6.10 Å². The smallest absolute Gasteiger partial charge is 0.257 e. The summed E-state index contributed by atoms with van der Waals surface area (Å²) in [5.74, 6) is 0.756. The fraction of sp³-hybridized carbons (Fsp3) is 0.533. The molecule has 0 bridgehead atoms. The average molecular weight is 297 g/mol. The van der Waals surface area contributed by atoms with E-state index in [4.69, 9.17) is 4.74 Å². The van der Waals surface area contributed by atoms with E-state index in [0.29, 0.717) is 19.1 Å². The Morgan fingerprint density at radius 3 is 2.65 bits per heavy atom. The highest BCUT2D eigenvalue weighted by atomic mass is 35.5. The van der Waals surface area contributed by atoms with Crippen LogP contribution in [0.5, 0.6) is 0 Å². The van der Waals surface area contributed by atoms with Gasteiger partial charge >= 0.3 is 0 Å². The van der Waals surface area contributed by atoms with Crippen LogP contribution >= 0.6 is 12.4 Å². The quantitative estimate of drug-likeness (QED) is 0.922. The molecule has 1 atom stereocenters. The van der Waals surface area contributed by atoms with Crippen molar-refractivity contribution in [2.24, 2.45) is 5.92 Å². The van der Waals surface area contributed by atoms with Crippen LogP contribution in [-0.2, 0) is 9.53 Å². The summed E-state index contributed by atoms with van der Waals surface area (Å²) in [6.07, 6.45) is 2.13. The van der Waals surface area contributed by atoms with Crippen molar-refractivity contribution in [3.05, 3.63) is 30.3 Å². The molecule has 3 rings (SSSR count). The lowest BCUT2D eigenvalue weighted by Gasteiger charge is -2.30. The average Bonchev–Trinajstić information content (AvgIpc) is 3.30. The predicted octanol–water partition coefficient (Wildman–Crippen LogP) is 1.84. The van der Waals surface area contributed by atoms with Crippen LogP contribution in [0, 0.1) is 5.92 Å². The zero-order chi connectivity index (χ0) is 13.1. The van der Waals surface area contributed by atoms with E-state index >= 15 is 0 Å². The number of nitrogens with one attached hydrogen (secondary N) is 1. The van der Waals surface area contributed by atoms with Gasteiger partial charge in [-0.3, -0.25) is 4.79 Å². The Hall–Kier alpha value is -1.10. The van der Waals surface area contributed by atoms with Gasteiger partial charge in [-0.15, -0.1) is 12.4 Å². The largest absolute Gasteiger partial charge is 0.366 e. The molecule has 5 heteroatoms. The minimum absolute atomic E-state index is 0. The number of nitrogens with zero attached hydrogens (tertiary/aromatic N) is 1. The lowest BCUT2D eigenvalue weighted by Crippen LogP contribution is -2.50. The highest BCUT2D eigenvalue weighted by molar-refractivity contribution is 5.96. The topological polar surface area (TPSA) is 41.6 Å². The van der Waals surface area contributed by atoms with Gasteiger partial charge in [0.05, 0.1) is 6.61 Å². The number of amides is 1. The minimum Gasteiger partial charge on any atom is -0.366 e. The number of rotatable bonds is 4. The van der Waals surface area contributed by atoms with Gasteiger partial charge in [0.15, 0.2) is 0 Å². The maximum absolute atomic E-state index is 12.6. The molecule has 2 fully saturated rings. The summed E-state index contributed by atoms with van der Waals surface area (Å²) < 4.78 is 5.59. The first-order valence-corrected chi connectivity index (χ1v) is 7.03. The second-order valence-corrected chi connectivity index (χ2v) is 5.29. The Morgan fingerprint density at radius 1 is 1.30 bits per heavy atom. The summed E-state index contributed by atoms with van der Waals surface area (Å²) in [6.45, 7) is 2.88. The van der Waals surface area contributed by atoms with Gasteiger partial charge in [-0.2, -0.15) is 0 Å². The third-order valence-corrected chi connectivity index (χ3v) is 3.67. The van der Waals surface area contributed by atoms with E-state index in [1.54, 1.807) is 0 Å². The highest BCUT2D eigenvalue weighted by Crippen LogP contribution is 2.31. The first-order valence-electron chi connectivity index (χ1n) is 7.03. The third-order valence-electron chi connectivity index (χ3n) is 3.67. The Labute approximate surface area is 125 Å². The Balaban J connectivity index is 0.00000147. The first-order chi connectivity index (χ1) is 9.34. The number of halogens is 1. The van der Waals surface area contributed by atoms with E-state index in [1.165, 1.54) is 12.8 Å². The number of anilines is 1. The van der Waals surface area contributed by atoms with Crippen molar-refractivity contribution in [1.29, 1.82) is 0 Å². The molecule has 1 unspecified atom stereocenters. The van der Waals surface area contributed by atoms with E-state index in [2.05, 4.69) is 5.32 Å². The number of carbonyl (C=O) groups excluding carboxylic acids is 1. The zero-order valence-electron chi connectivity index (χ0n) is 11.5. The summed E-state index contributed by atoms with van der Waals surface area (Å²) >= 11 is 0. The molecule has 1 aromatic carbocycles. The molecule has 1 aliphatic heterocycles. The summed E-state index contributed by atoms with van der Waals surface area (Å²) in [4.78, 5) is 14.5. The van der Waals surface area contributed by atoms with Crippen molar-refractivity contribution >= 4 is 24.0 Å². The van der Waals surface area contributed by atoms with Crippen LogP contribution < -0.4 is 10.2 Å². The Kier molecular flexibility index (Phi) is 5.40. The van der Waals surface area contributed by atoms with E-state index < -0.39 is 0 Å². The standard InChI is InChI=1S/C15H20N2O2.ClH/c18-15(14-10-16-8-9-19-14)17(11-12-6-7-12)13-4-2-1-3-5-13;/h1-5,12,14,16H,6-11H2;1H. The maximum Gasteiger partial charge on any atom is 0.257 e. The molecule has 1 aromatic rings. The van der Waals surface area contributed by atoms with Gasteiger partial charge in [0, 0.05) is 25.3 Å². The molecule has 0 aromatic heterocycles. The molecular weight excluding hydrogens is 276 g/mol. The monoisotopic (exact) mass is 296 g/mol. The van der Waals surface area contributed by atoms with Crippen molar-refractivity contribution in [3.63, 3.8) is 0 Å².